The molecule has 0 amide bonds. The van der Waals surface area contributed by atoms with Crippen LogP contribution in [0.5, 0.6) is 0 Å². The van der Waals surface area contributed by atoms with Crippen molar-refractivity contribution in [2.24, 2.45) is 5.92 Å². The highest BCUT2D eigenvalue weighted by Gasteiger charge is 2.17. The Morgan fingerprint density at radius 3 is 2.55 bits per heavy atom. The van der Waals surface area contributed by atoms with E-state index in [4.69, 9.17) is 0 Å². The molecular weight excluding hydrogens is 252 g/mol. The van der Waals surface area contributed by atoms with Gasteiger partial charge in [-0.05, 0) is 37.0 Å². The Labute approximate surface area is 119 Å². The Morgan fingerprint density at radius 2 is 2.00 bits per heavy atom. The normalized spacial score (nSPS) is 11.1. The lowest BCUT2D eigenvalue weighted by Gasteiger charge is -2.05. The molecule has 0 aliphatic heterocycles. The number of aryl methyl sites for hydroxylation is 2. The average Bonchev–Trinajstić information content (AvgIpc) is 2.76. The van der Waals surface area contributed by atoms with Gasteiger partial charge >= 0.3 is 5.97 Å². The number of hydrogen-bond acceptors (Lipinski definition) is 2. The Balaban J connectivity index is 2.50. The van der Waals surface area contributed by atoms with Gasteiger partial charge in [0.05, 0.1) is 0 Å². The monoisotopic (exact) mass is 272 g/mol. The van der Waals surface area contributed by atoms with E-state index in [1.54, 1.807) is 10.9 Å². The molecule has 1 aromatic heterocycles. The van der Waals surface area contributed by atoms with Crippen molar-refractivity contribution in [3.63, 3.8) is 0 Å². The number of carbonyl (C=O) groups is 1. The van der Waals surface area contributed by atoms with Gasteiger partial charge in [0.2, 0.25) is 0 Å². The minimum absolute atomic E-state index is 0.258. The highest BCUT2D eigenvalue weighted by molar-refractivity contribution is 5.94. The maximum Gasteiger partial charge on any atom is 0.339 e. The number of rotatable bonds is 4. The first-order valence-corrected chi connectivity index (χ1v) is 6.77. The zero-order chi connectivity index (χ0) is 14.9. The number of carboxylic acid groups (broad SMARTS) is 1. The third kappa shape index (κ3) is 2.90. The number of carboxylic acids is 1. The van der Waals surface area contributed by atoms with Crippen molar-refractivity contribution in [2.45, 2.75) is 34.2 Å². The van der Waals surface area contributed by atoms with E-state index >= 15 is 0 Å². The molecule has 0 atom stereocenters. The molecule has 0 aliphatic rings. The van der Waals surface area contributed by atoms with Crippen LogP contribution in [0.2, 0.25) is 0 Å². The quantitative estimate of drug-likeness (QED) is 0.926. The van der Waals surface area contributed by atoms with Crippen LogP contribution in [-0.2, 0) is 6.54 Å². The van der Waals surface area contributed by atoms with Crippen molar-refractivity contribution < 1.29 is 9.90 Å². The summed E-state index contributed by atoms with van der Waals surface area (Å²) in [5, 5.41) is 13.8. The van der Waals surface area contributed by atoms with Gasteiger partial charge in [0.15, 0.2) is 0 Å². The first kappa shape index (κ1) is 14.3. The van der Waals surface area contributed by atoms with Crippen LogP contribution >= 0.6 is 0 Å². The number of aromatic carboxylic acids is 1. The molecule has 1 N–H and O–H groups in total. The molecule has 1 aromatic carbocycles. The van der Waals surface area contributed by atoms with Crippen LogP contribution in [-0.4, -0.2) is 20.9 Å². The fourth-order valence-electron chi connectivity index (χ4n) is 2.15. The Hall–Kier alpha value is -2.10. The Bertz CT molecular complexity index is 642. The molecule has 20 heavy (non-hydrogen) atoms. The van der Waals surface area contributed by atoms with Gasteiger partial charge in [0, 0.05) is 18.3 Å². The van der Waals surface area contributed by atoms with Gasteiger partial charge in [-0.1, -0.05) is 26.0 Å². The molecule has 4 nitrogen and oxygen atoms in total. The lowest BCUT2D eigenvalue weighted by atomic mass is 10.0. The molecule has 1 heterocycles. The van der Waals surface area contributed by atoms with Crippen molar-refractivity contribution >= 4 is 5.97 Å². The van der Waals surface area contributed by atoms with Gasteiger partial charge in [0.25, 0.3) is 0 Å². The second-order valence-electron chi connectivity index (χ2n) is 5.61. The van der Waals surface area contributed by atoms with Crippen molar-refractivity contribution in [3.8, 4) is 11.3 Å². The molecule has 4 heteroatoms. The van der Waals surface area contributed by atoms with Gasteiger partial charge in [-0.25, -0.2) is 4.79 Å². The maximum atomic E-state index is 11.4. The number of nitrogens with zero attached hydrogens (tertiary/aromatic N) is 2. The zero-order valence-corrected chi connectivity index (χ0v) is 12.3. The average molecular weight is 272 g/mol. The van der Waals surface area contributed by atoms with Crippen molar-refractivity contribution in [3.05, 3.63) is 41.1 Å². The van der Waals surface area contributed by atoms with Gasteiger partial charge in [-0.3, -0.25) is 4.68 Å². The minimum atomic E-state index is -0.937. The zero-order valence-electron chi connectivity index (χ0n) is 12.3. The second kappa shape index (κ2) is 5.49. The fraction of sp³-hybridized carbons (Fsp3) is 0.375. The van der Waals surface area contributed by atoms with E-state index < -0.39 is 5.97 Å². The van der Waals surface area contributed by atoms with Crippen molar-refractivity contribution in [1.82, 2.24) is 9.78 Å². The number of benzene rings is 1. The van der Waals surface area contributed by atoms with Crippen molar-refractivity contribution in [2.75, 3.05) is 0 Å². The van der Waals surface area contributed by atoms with Crippen LogP contribution in [0.4, 0.5) is 0 Å². The van der Waals surface area contributed by atoms with Crippen LogP contribution in [0, 0.1) is 19.8 Å². The summed E-state index contributed by atoms with van der Waals surface area (Å²) >= 11 is 0. The first-order valence-electron chi connectivity index (χ1n) is 6.77. The largest absolute Gasteiger partial charge is 0.478 e. The number of aromatic nitrogens is 2. The third-order valence-corrected chi connectivity index (χ3v) is 3.32. The molecule has 0 bridgehead atoms. The fourth-order valence-corrected chi connectivity index (χ4v) is 2.15. The highest BCUT2D eigenvalue weighted by Crippen LogP contribution is 2.24. The van der Waals surface area contributed by atoms with Crippen molar-refractivity contribution in [1.29, 1.82) is 0 Å². The third-order valence-electron chi connectivity index (χ3n) is 3.32. The standard InChI is InChI=1S/C16H20N2O2/c1-10(2)8-18-9-14(16(19)20)15(17-18)13-6-5-11(3)12(4)7-13/h5-7,9-10H,8H2,1-4H3,(H,19,20). The SMILES string of the molecule is Cc1ccc(-c2nn(CC(C)C)cc2C(=O)O)cc1C. The first-order chi connectivity index (χ1) is 9.38. The van der Waals surface area contributed by atoms with Crippen LogP contribution in [0.1, 0.15) is 35.3 Å². The summed E-state index contributed by atoms with van der Waals surface area (Å²) in [7, 11) is 0. The van der Waals surface area contributed by atoms with E-state index in [-0.39, 0.29) is 5.56 Å². The van der Waals surface area contributed by atoms with E-state index in [0.29, 0.717) is 18.2 Å². The molecule has 0 saturated carbocycles. The topological polar surface area (TPSA) is 55.1 Å². The summed E-state index contributed by atoms with van der Waals surface area (Å²) < 4.78 is 1.72. The lowest BCUT2D eigenvalue weighted by Crippen LogP contribution is -2.04. The Kier molecular flexibility index (Phi) is 3.93. The van der Waals surface area contributed by atoms with Crippen LogP contribution < -0.4 is 0 Å². The van der Waals surface area contributed by atoms with Gasteiger partial charge in [-0.15, -0.1) is 0 Å². The minimum Gasteiger partial charge on any atom is -0.478 e. The summed E-state index contributed by atoms with van der Waals surface area (Å²) in [4.78, 5) is 11.4. The molecule has 0 radical (unpaired) electrons. The predicted octanol–water partition coefficient (Wildman–Crippen LogP) is 3.52. The molecule has 0 fully saturated rings. The van der Waals surface area contributed by atoms with Gasteiger partial charge in [-0.2, -0.15) is 5.10 Å². The van der Waals surface area contributed by atoms with Gasteiger partial charge < -0.3 is 5.11 Å². The molecule has 2 aromatic rings. The predicted molar refractivity (Wildman–Crippen MR) is 78.9 cm³/mol. The summed E-state index contributed by atoms with van der Waals surface area (Å²) in [5.74, 6) is -0.516. The second-order valence-corrected chi connectivity index (χ2v) is 5.61. The molecular formula is C16H20N2O2. The van der Waals surface area contributed by atoms with E-state index in [2.05, 4.69) is 18.9 Å². The molecule has 0 spiro atoms. The van der Waals surface area contributed by atoms with Crippen LogP contribution in [0.25, 0.3) is 11.3 Å². The summed E-state index contributed by atoms with van der Waals surface area (Å²) in [6, 6.07) is 5.92. The molecule has 2 rings (SSSR count). The highest BCUT2D eigenvalue weighted by atomic mass is 16.4. The number of hydrogen-bond donors (Lipinski definition) is 1. The molecule has 0 saturated heterocycles. The summed E-state index contributed by atoms with van der Waals surface area (Å²) in [6.45, 7) is 8.93. The smallest absolute Gasteiger partial charge is 0.339 e. The van der Waals surface area contributed by atoms with E-state index in [9.17, 15) is 9.90 Å². The molecule has 0 aliphatic carbocycles. The molecule has 106 valence electrons. The van der Waals surface area contributed by atoms with Gasteiger partial charge in [0.1, 0.15) is 11.3 Å². The lowest BCUT2D eigenvalue weighted by molar-refractivity contribution is 0.0697. The van der Waals surface area contributed by atoms with E-state index in [1.807, 2.05) is 32.0 Å². The summed E-state index contributed by atoms with van der Waals surface area (Å²) in [6.07, 6.45) is 1.62. The maximum absolute atomic E-state index is 11.4. The summed E-state index contributed by atoms with van der Waals surface area (Å²) in [5.41, 5.74) is 3.98. The molecule has 0 unspecified atom stereocenters. The van der Waals surface area contributed by atoms with Crippen LogP contribution in [0.15, 0.2) is 24.4 Å². The van der Waals surface area contributed by atoms with Crippen LogP contribution in [0.3, 0.4) is 0 Å². The Morgan fingerprint density at radius 1 is 1.30 bits per heavy atom. The van der Waals surface area contributed by atoms with E-state index in [0.717, 1.165) is 11.1 Å². The van der Waals surface area contributed by atoms with E-state index in [1.165, 1.54) is 5.56 Å².